The average molecular weight is 199 g/mol. The Morgan fingerprint density at radius 1 is 1.36 bits per heavy atom. The van der Waals surface area contributed by atoms with Crippen LogP contribution in [-0.4, -0.2) is 42.7 Å². The van der Waals surface area contributed by atoms with Crippen molar-refractivity contribution in [3.05, 3.63) is 0 Å². The maximum Gasteiger partial charge on any atom is 0.303 e. The number of carboxylic acids is 1. The molecule has 0 amide bonds. The Balaban J connectivity index is 3.45. The number of unbranched alkanes of at least 4 members (excludes halogenated alkanes) is 2. The topological polar surface area (TPSA) is 61.1 Å². The van der Waals surface area contributed by atoms with Crippen LogP contribution in [0.2, 0.25) is 0 Å². The minimum Gasteiger partial charge on any atom is -0.481 e. The van der Waals surface area contributed by atoms with Gasteiger partial charge in [0.05, 0.1) is 20.6 Å². The number of hydrogen-bond acceptors (Lipinski definition) is 2. The van der Waals surface area contributed by atoms with Crippen molar-refractivity contribution in [2.75, 3.05) is 27.2 Å². The maximum absolute atomic E-state index is 10.2. The molecule has 0 aliphatic heterocycles. The van der Waals surface area contributed by atoms with Crippen molar-refractivity contribution < 1.29 is 14.4 Å². The second-order valence-corrected chi connectivity index (χ2v) is 4.18. The molecule has 0 saturated heterocycles. The fourth-order valence-corrected chi connectivity index (χ4v) is 1.26. The normalized spacial score (nSPS) is 10.9. The van der Waals surface area contributed by atoms with Gasteiger partial charge in [0.1, 0.15) is 6.07 Å². The number of rotatable bonds is 7. The van der Waals surface area contributed by atoms with Gasteiger partial charge < -0.3 is 9.59 Å². The quantitative estimate of drug-likeness (QED) is 0.381. The molecule has 0 spiro atoms. The van der Waals surface area contributed by atoms with Gasteiger partial charge in [0.15, 0.2) is 6.54 Å². The molecule has 0 unspecified atom stereocenters. The second-order valence-electron chi connectivity index (χ2n) is 4.18. The molecule has 4 nitrogen and oxygen atoms in total. The van der Waals surface area contributed by atoms with Crippen LogP contribution in [0.3, 0.4) is 0 Å². The van der Waals surface area contributed by atoms with Crippen LogP contribution < -0.4 is 0 Å². The van der Waals surface area contributed by atoms with E-state index in [9.17, 15) is 4.79 Å². The van der Waals surface area contributed by atoms with E-state index in [4.69, 9.17) is 10.4 Å². The van der Waals surface area contributed by atoms with E-state index in [1.54, 1.807) is 0 Å². The molecule has 4 heteroatoms. The van der Waals surface area contributed by atoms with E-state index < -0.39 is 5.97 Å². The first kappa shape index (κ1) is 12.9. The fourth-order valence-electron chi connectivity index (χ4n) is 1.26. The van der Waals surface area contributed by atoms with Crippen molar-refractivity contribution in [3.63, 3.8) is 0 Å². The van der Waals surface area contributed by atoms with Gasteiger partial charge in [-0.05, 0) is 19.3 Å². The smallest absolute Gasteiger partial charge is 0.303 e. The minimum atomic E-state index is -0.726. The van der Waals surface area contributed by atoms with Gasteiger partial charge >= 0.3 is 5.97 Å². The summed E-state index contributed by atoms with van der Waals surface area (Å²) >= 11 is 0. The van der Waals surface area contributed by atoms with Crippen molar-refractivity contribution in [3.8, 4) is 6.07 Å². The summed E-state index contributed by atoms with van der Waals surface area (Å²) in [5.74, 6) is -0.726. The molecule has 0 aliphatic carbocycles. The number of carboxylic acid groups (broad SMARTS) is 1. The lowest BCUT2D eigenvalue weighted by molar-refractivity contribution is -0.883. The van der Waals surface area contributed by atoms with Crippen molar-refractivity contribution in [2.24, 2.45) is 0 Å². The highest BCUT2D eigenvalue weighted by Gasteiger charge is 2.12. The average Bonchev–Trinajstić information content (AvgIpc) is 2.02. The van der Waals surface area contributed by atoms with E-state index in [2.05, 4.69) is 6.07 Å². The van der Waals surface area contributed by atoms with Crippen molar-refractivity contribution in [2.45, 2.75) is 25.7 Å². The summed E-state index contributed by atoms with van der Waals surface area (Å²) < 4.78 is 0.698. The summed E-state index contributed by atoms with van der Waals surface area (Å²) in [5, 5.41) is 16.9. The van der Waals surface area contributed by atoms with Gasteiger partial charge in [0, 0.05) is 6.42 Å². The maximum atomic E-state index is 10.2. The zero-order chi connectivity index (χ0) is 11.0. The third-order valence-corrected chi connectivity index (χ3v) is 2.15. The number of nitriles is 1. The van der Waals surface area contributed by atoms with Crippen LogP contribution in [0.4, 0.5) is 0 Å². The summed E-state index contributed by atoms with van der Waals surface area (Å²) in [6, 6.07) is 2.15. The summed E-state index contributed by atoms with van der Waals surface area (Å²) in [6.07, 6.45) is 2.91. The molecule has 14 heavy (non-hydrogen) atoms. The zero-order valence-corrected chi connectivity index (χ0v) is 8.99. The zero-order valence-electron chi connectivity index (χ0n) is 8.99. The van der Waals surface area contributed by atoms with Gasteiger partial charge in [-0.15, -0.1) is 0 Å². The Bertz CT molecular complexity index is 219. The molecule has 0 fully saturated rings. The lowest BCUT2D eigenvalue weighted by atomic mass is 10.2. The third-order valence-electron chi connectivity index (χ3n) is 2.15. The third kappa shape index (κ3) is 7.56. The second kappa shape index (κ2) is 6.39. The van der Waals surface area contributed by atoms with Crippen molar-refractivity contribution in [1.29, 1.82) is 5.26 Å². The Morgan fingerprint density at radius 2 is 2.00 bits per heavy atom. The molecular weight excluding hydrogens is 180 g/mol. The summed E-state index contributed by atoms with van der Waals surface area (Å²) in [5.41, 5.74) is 0. The molecule has 1 N–H and O–H groups in total. The molecule has 0 aromatic rings. The summed E-state index contributed by atoms with van der Waals surface area (Å²) in [7, 11) is 4.03. The van der Waals surface area contributed by atoms with Crippen molar-refractivity contribution >= 4 is 5.97 Å². The van der Waals surface area contributed by atoms with Gasteiger partial charge in [-0.25, -0.2) is 0 Å². The van der Waals surface area contributed by atoms with Crippen molar-refractivity contribution in [1.82, 2.24) is 0 Å². The summed E-state index contributed by atoms with van der Waals surface area (Å²) in [4.78, 5) is 10.2. The number of aliphatic carboxylic acids is 1. The lowest BCUT2D eigenvalue weighted by Gasteiger charge is -2.26. The highest BCUT2D eigenvalue weighted by atomic mass is 16.4. The molecule has 0 atom stereocenters. The molecular formula is C10H19N2O2+. The number of hydrogen-bond donors (Lipinski definition) is 1. The Morgan fingerprint density at radius 3 is 2.50 bits per heavy atom. The van der Waals surface area contributed by atoms with Gasteiger partial charge in [-0.3, -0.25) is 4.79 Å². The molecule has 80 valence electrons. The van der Waals surface area contributed by atoms with Gasteiger partial charge in [-0.2, -0.15) is 5.26 Å². The van der Waals surface area contributed by atoms with E-state index in [0.29, 0.717) is 11.0 Å². The van der Waals surface area contributed by atoms with Crippen LogP contribution in [0.25, 0.3) is 0 Å². The first-order chi connectivity index (χ1) is 6.48. The van der Waals surface area contributed by atoms with E-state index in [0.717, 1.165) is 25.8 Å². The largest absolute Gasteiger partial charge is 0.481 e. The first-order valence-corrected chi connectivity index (χ1v) is 4.89. The molecule has 0 heterocycles. The molecule has 0 bridgehead atoms. The molecule has 0 aromatic heterocycles. The number of quaternary nitrogens is 1. The fraction of sp³-hybridized carbons (Fsp3) is 0.800. The van der Waals surface area contributed by atoms with Crippen LogP contribution in [0.15, 0.2) is 0 Å². The molecule has 0 aromatic carbocycles. The van der Waals surface area contributed by atoms with Gasteiger partial charge in [-0.1, -0.05) is 0 Å². The SMILES string of the molecule is C[N+](C)(CC#N)CCCCCC(=O)O. The molecule has 0 saturated carbocycles. The van der Waals surface area contributed by atoms with Gasteiger partial charge in [0.2, 0.25) is 0 Å². The van der Waals surface area contributed by atoms with Crippen LogP contribution in [0.5, 0.6) is 0 Å². The Labute approximate surface area is 85.3 Å². The van der Waals surface area contributed by atoms with E-state index in [-0.39, 0.29) is 6.42 Å². The predicted octanol–water partition coefficient (Wildman–Crippen LogP) is 1.23. The predicted molar refractivity (Wildman–Crippen MR) is 53.6 cm³/mol. The molecule has 0 rings (SSSR count). The number of carbonyl (C=O) groups is 1. The first-order valence-electron chi connectivity index (χ1n) is 4.89. The summed E-state index contributed by atoms with van der Waals surface area (Å²) in [6.45, 7) is 1.45. The van der Waals surface area contributed by atoms with Crippen LogP contribution in [0.1, 0.15) is 25.7 Å². The van der Waals surface area contributed by atoms with Crippen LogP contribution in [0, 0.1) is 11.3 Å². The highest BCUT2D eigenvalue weighted by Crippen LogP contribution is 2.04. The Kier molecular flexibility index (Phi) is 5.89. The highest BCUT2D eigenvalue weighted by molar-refractivity contribution is 5.66. The van der Waals surface area contributed by atoms with E-state index >= 15 is 0 Å². The standard InChI is InChI=1S/C10H18N2O2/c1-12(2,9-7-11)8-5-3-4-6-10(13)14/h3-6,8-9H2,1-2H3/p+1. The number of nitrogens with zero attached hydrogens (tertiary/aromatic N) is 2. The Hall–Kier alpha value is -1.08. The van der Waals surface area contributed by atoms with Crippen LogP contribution >= 0.6 is 0 Å². The molecule has 0 aliphatic rings. The van der Waals surface area contributed by atoms with Gasteiger partial charge in [0.25, 0.3) is 0 Å². The molecule has 0 radical (unpaired) electrons. The lowest BCUT2D eigenvalue weighted by Crippen LogP contribution is -2.40. The minimum absolute atomic E-state index is 0.256. The monoisotopic (exact) mass is 199 g/mol. The van der Waals surface area contributed by atoms with Crippen LogP contribution in [-0.2, 0) is 4.79 Å². The van der Waals surface area contributed by atoms with E-state index in [1.807, 2.05) is 14.1 Å². The van der Waals surface area contributed by atoms with E-state index in [1.165, 1.54) is 0 Å².